The number of hydrogen-bond donors (Lipinski definition) is 0. The van der Waals surface area contributed by atoms with Crippen LogP contribution < -0.4 is 4.90 Å². The Balaban J connectivity index is 2.02. The van der Waals surface area contributed by atoms with Gasteiger partial charge in [-0.2, -0.15) is 0 Å². The number of methoxy groups -OCH3 is 1. The van der Waals surface area contributed by atoms with Gasteiger partial charge in [0.1, 0.15) is 11.5 Å². The minimum absolute atomic E-state index is 0.104. The summed E-state index contributed by atoms with van der Waals surface area (Å²) in [6, 6.07) is 3.37. The summed E-state index contributed by atoms with van der Waals surface area (Å²) >= 11 is 0. The monoisotopic (exact) mass is 332 g/mol. The van der Waals surface area contributed by atoms with E-state index in [0.717, 1.165) is 25.9 Å². The van der Waals surface area contributed by atoms with E-state index in [-0.39, 0.29) is 23.0 Å². The van der Waals surface area contributed by atoms with Crippen molar-refractivity contribution in [1.82, 2.24) is 9.55 Å². The fourth-order valence-electron chi connectivity index (χ4n) is 3.16. The number of carbonyl (C=O) groups is 1. The van der Waals surface area contributed by atoms with Crippen LogP contribution in [0.3, 0.4) is 0 Å². The highest BCUT2D eigenvalue weighted by molar-refractivity contribution is 5.86. The first kappa shape index (κ1) is 16.2. The molecule has 3 rings (SSSR count). The van der Waals surface area contributed by atoms with Gasteiger partial charge in [0, 0.05) is 32.6 Å². The molecule has 1 saturated heterocycles. The average Bonchev–Trinajstić information content (AvgIpc) is 3.20. The summed E-state index contributed by atoms with van der Waals surface area (Å²) in [7, 11) is 3.16. The highest BCUT2D eigenvalue weighted by atomic mass is 16.6. The van der Waals surface area contributed by atoms with Gasteiger partial charge in [-0.25, -0.2) is 4.98 Å². The minimum Gasteiger partial charge on any atom is -0.469 e. The molecule has 2 heterocycles. The molecular weight excluding hydrogens is 312 g/mol. The normalized spacial score (nSPS) is 14.3. The molecule has 1 fully saturated rings. The number of hydrogen-bond acceptors (Lipinski definition) is 6. The molecule has 8 heteroatoms. The zero-order valence-electron chi connectivity index (χ0n) is 13.8. The number of nitro benzene ring substituents is 1. The number of aromatic nitrogens is 2. The van der Waals surface area contributed by atoms with Crippen molar-refractivity contribution in [3.8, 4) is 0 Å². The fraction of sp³-hybridized carbons (Fsp3) is 0.500. The Morgan fingerprint density at radius 1 is 1.38 bits per heavy atom. The van der Waals surface area contributed by atoms with E-state index in [9.17, 15) is 14.9 Å². The number of nitro groups is 1. The van der Waals surface area contributed by atoms with Crippen LogP contribution in [0.15, 0.2) is 12.1 Å². The molecule has 1 aromatic heterocycles. The Labute approximate surface area is 139 Å². The van der Waals surface area contributed by atoms with Crippen LogP contribution >= 0.6 is 0 Å². The molecule has 0 unspecified atom stereocenters. The number of benzene rings is 1. The van der Waals surface area contributed by atoms with Gasteiger partial charge < -0.3 is 14.2 Å². The van der Waals surface area contributed by atoms with Gasteiger partial charge in [-0.15, -0.1) is 0 Å². The van der Waals surface area contributed by atoms with Gasteiger partial charge in [0.25, 0.3) is 5.69 Å². The summed E-state index contributed by atoms with van der Waals surface area (Å²) in [5.74, 6) is 0.411. The number of esters is 1. The van der Waals surface area contributed by atoms with E-state index in [1.54, 1.807) is 23.7 Å². The molecular formula is C16H20N4O4. The molecule has 2 aromatic rings. The molecule has 0 atom stereocenters. The lowest BCUT2D eigenvalue weighted by Gasteiger charge is -2.17. The third kappa shape index (κ3) is 2.91. The van der Waals surface area contributed by atoms with Crippen molar-refractivity contribution in [3.63, 3.8) is 0 Å². The van der Waals surface area contributed by atoms with E-state index in [1.165, 1.54) is 7.11 Å². The molecule has 0 radical (unpaired) electrons. The molecule has 0 aliphatic carbocycles. The van der Waals surface area contributed by atoms with Crippen molar-refractivity contribution < 1.29 is 14.5 Å². The van der Waals surface area contributed by atoms with Gasteiger partial charge in [-0.3, -0.25) is 14.9 Å². The first-order valence-corrected chi connectivity index (χ1v) is 7.96. The van der Waals surface area contributed by atoms with Gasteiger partial charge in [0.2, 0.25) is 0 Å². The van der Waals surface area contributed by atoms with Crippen molar-refractivity contribution in [2.45, 2.75) is 25.7 Å². The topological polar surface area (TPSA) is 90.5 Å². The zero-order chi connectivity index (χ0) is 17.3. The number of carbonyl (C=O) groups excluding carboxylic acids is 1. The van der Waals surface area contributed by atoms with Gasteiger partial charge >= 0.3 is 5.97 Å². The Morgan fingerprint density at radius 3 is 2.71 bits per heavy atom. The third-order valence-electron chi connectivity index (χ3n) is 4.49. The number of rotatable bonds is 5. The van der Waals surface area contributed by atoms with Crippen LogP contribution in [0.2, 0.25) is 0 Å². The van der Waals surface area contributed by atoms with Crippen molar-refractivity contribution in [2.75, 3.05) is 25.1 Å². The van der Waals surface area contributed by atoms with Gasteiger partial charge in [0.15, 0.2) is 0 Å². The van der Waals surface area contributed by atoms with Crippen LogP contribution in [0.1, 0.15) is 25.1 Å². The van der Waals surface area contributed by atoms with Crippen molar-refractivity contribution >= 4 is 28.4 Å². The summed E-state index contributed by atoms with van der Waals surface area (Å²) < 4.78 is 6.46. The van der Waals surface area contributed by atoms with Crippen molar-refractivity contribution in [1.29, 1.82) is 0 Å². The maximum Gasteiger partial charge on any atom is 0.305 e. The lowest BCUT2D eigenvalue weighted by Crippen LogP contribution is -2.18. The van der Waals surface area contributed by atoms with Crippen LogP contribution in [0.25, 0.3) is 11.0 Å². The van der Waals surface area contributed by atoms with Crippen LogP contribution in [0, 0.1) is 10.1 Å². The second-order valence-electron chi connectivity index (χ2n) is 5.94. The molecule has 0 saturated carbocycles. The number of ether oxygens (including phenoxy) is 1. The second-order valence-corrected chi connectivity index (χ2v) is 5.94. The van der Waals surface area contributed by atoms with Crippen LogP contribution in [-0.4, -0.2) is 40.6 Å². The second kappa shape index (κ2) is 6.46. The van der Waals surface area contributed by atoms with Crippen LogP contribution in [0.5, 0.6) is 0 Å². The molecule has 1 aromatic carbocycles. The predicted molar refractivity (Wildman–Crippen MR) is 89.2 cm³/mol. The molecule has 0 spiro atoms. The lowest BCUT2D eigenvalue weighted by molar-refractivity contribution is -0.384. The molecule has 1 aliphatic heterocycles. The molecule has 24 heavy (non-hydrogen) atoms. The lowest BCUT2D eigenvalue weighted by atomic mass is 10.2. The Hall–Kier alpha value is -2.64. The standard InChI is InChI=1S/C16H20N4O4/c1-18-12-10-14(20(22)23)13(19-7-3-4-8-19)9-11(12)17-15(18)5-6-16(21)24-2/h9-10H,3-8H2,1-2H3. The summed E-state index contributed by atoms with van der Waals surface area (Å²) in [6.07, 6.45) is 2.75. The first-order valence-electron chi connectivity index (χ1n) is 7.96. The van der Waals surface area contributed by atoms with Crippen LogP contribution in [-0.2, 0) is 23.0 Å². The fourth-order valence-corrected chi connectivity index (χ4v) is 3.16. The molecule has 0 bridgehead atoms. The van der Waals surface area contributed by atoms with Gasteiger partial charge in [-0.1, -0.05) is 0 Å². The summed E-state index contributed by atoms with van der Waals surface area (Å²) in [5.41, 5.74) is 2.14. The smallest absolute Gasteiger partial charge is 0.305 e. The molecule has 8 nitrogen and oxygen atoms in total. The first-order chi connectivity index (χ1) is 11.5. The average molecular weight is 332 g/mol. The Bertz CT molecular complexity index is 793. The number of anilines is 1. The van der Waals surface area contributed by atoms with E-state index in [1.807, 2.05) is 4.90 Å². The number of aryl methyl sites for hydroxylation is 2. The summed E-state index contributed by atoms with van der Waals surface area (Å²) in [4.78, 5) is 29.1. The summed E-state index contributed by atoms with van der Waals surface area (Å²) in [6.45, 7) is 1.66. The number of fused-ring (bicyclic) bond motifs is 1. The largest absolute Gasteiger partial charge is 0.469 e. The van der Waals surface area contributed by atoms with E-state index < -0.39 is 0 Å². The van der Waals surface area contributed by atoms with E-state index in [0.29, 0.717) is 29.0 Å². The molecule has 1 aliphatic rings. The van der Waals surface area contributed by atoms with E-state index in [4.69, 9.17) is 0 Å². The minimum atomic E-state index is -0.339. The predicted octanol–water partition coefficient (Wildman–Crippen LogP) is 2.19. The molecule has 0 amide bonds. The SMILES string of the molecule is COC(=O)CCc1nc2cc(N3CCCC3)c([N+](=O)[O-])cc2n1C. The number of imidazole rings is 1. The van der Waals surface area contributed by atoms with Crippen molar-refractivity contribution in [2.24, 2.45) is 7.05 Å². The third-order valence-corrected chi connectivity index (χ3v) is 4.49. The molecule has 128 valence electrons. The van der Waals surface area contributed by atoms with Crippen LogP contribution in [0.4, 0.5) is 11.4 Å². The maximum absolute atomic E-state index is 11.5. The van der Waals surface area contributed by atoms with E-state index >= 15 is 0 Å². The molecule has 0 N–H and O–H groups in total. The Morgan fingerprint density at radius 2 is 2.08 bits per heavy atom. The number of nitrogens with zero attached hydrogens (tertiary/aromatic N) is 4. The quantitative estimate of drug-likeness (QED) is 0.473. The maximum atomic E-state index is 11.5. The van der Waals surface area contributed by atoms with Crippen molar-refractivity contribution in [3.05, 3.63) is 28.1 Å². The van der Waals surface area contributed by atoms with Gasteiger partial charge in [0.05, 0.1) is 29.5 Å². The highest BCUT2D eigenvalue weighted by Crippen LogP contribution is 2.35. The Kier molecular flexibility index (Phi) is 4.37. The van der Waals surface area contributed by atoms with Gasteiger partial charge in [-0.05, 0) is 18.9 Å². The highest BCUT2D eigenvalue weighted by Gasteiger charge is 2.25. The zero-order valence-corrected chi connectivity index (χ0v) is 13.8. The summed E-state index contributed by atoms with van der Waals surface area (Å²) in [5, 5.41) is 11.5. The van der Waals surface area contributed by atoms with E-state index in [2.05, 4.69) is 9.72 Å².